The zero-order valence-corrected chi connectivity index (χ0v) is 12.6. The van der Waals surface area contributed by atoms with E-state index in [0.717, 1.165) is 11.3 Å². The number of carbonyl (C=O) groups excluding carboxylic acids is 1. The van der Waals surface area contributed by atoms with Gasteiger partial charge in [0, 0.05) is 24.5 Å². The van der Waals surface area contributed by atoms with E-state index < -0.39 is 0 Å². The Balaban J connectivity index is 2.05. The van der Waals surface area contributed by atoms with Gasteiger partial charge in [-0.05, 0) is 39.0 Å². The van der Waals surface area contributed by atoms with E-state index in [1.165, 1.54) is 0 Å². The molecule has 4 nitrogen and oxygen atoms in total. The number of aromatic nitrogens is 1. The molecule has 0 fully saturated rings. The summed E-state index contributed by atoms with van der Waals surface area (Å²) < 4.78 is 5.91. The number of benzene rings is 1. The molecule has 1 N–H and O–H groups in total. The zero-order valence-electron chi connectivity index (χ0n) is 12.6. The van der Waals surface area contributed by atoms with Gasteiger partial charge in [0.25, 0.3) is 5.91 Å². The van der Waals surface area contributed by atoms with E-state index in [1.807, 2.05) is 45.0 Å². The lowest BCUT2D eigenvalue weighted by Gasteiger charge is -2.23. The average Bonchev–Trinajstić information content (AvgIpc) is 2.45. The number of para-hydroxylation sites is 1. The third-order valence-corrected chi connectivity index (χ3v) is 2.75. The van der Waals surface area contributed by atoms with Crippen molar-refractivity contribution in [1.82, 2.24) is 10.3 Å². The van der Waals surface area contributed by atoms with Gasteiger partial charge in [0.1, 0.15) is 11.4 Å². The van der Waals surface area contributed by atoms with Crippen molar-refractivity contribution in [2.45, 2.75) is 32.9 Å². The third kappa shape index (κ3) is 4.60. The number of ether oxygens (including phenoxy) is 1. The van der Waals surface area contributed by atoms with Gasteiger partial charge in [0.2, 0.25) is 0 Å². The lowest BCUT2D eigenvalue weighted by atomic mass is 10.1. The molecule has 2 aromatic rings. The molecular weight excluding hydrogens is 264 g/mol. The first kappa shape index (κ1) is 15.0. The Morgan fingerprint density at radius 2 is 1.95 bits per heavy atom. The second-order valence-corrected chi connectivity index (χ2v) is 5.75. The highest BCUT2D eigenvalue weighted by molar-refractivity contribution is 5.93. The van der Waals surface area contributed by atoms with Crippen molar-refractivity contribution in [1.29, 1.82) is 0 Å². The molecule has 1 heterocycles. The van der Waals surface area contributed by atoms with Gasteiger partial charge in [-0.25, -0.2) is 0 Å². The van der Waals surface area contributed by atoms with Crippen molar-refractivity contribution in [2.24, 2.45) is 0 Å². The van der Waals surface area contributed by atoms with Crippen molar-refractivity contribution in [2.75, 3.05) is 0 Å². The largest absolute Gasteiger partial charge is 0.488 e. The molecule has 0 atom stereocenters. The molecule has 0 aliphatic carbocycles. The van der Waals surface area contributed by atoms with Crippen LogP contribution in [0.1, 0.15) is 36.7 Å². The molecule has 110 valence electrons. The van der Waals surface area contributed by atoms with Crippen LogP contribution in [-0.2, 0) is 6.54 Å². The van der Waals surface area contributed by atoms with Crippen molar-refractivity contribution in [3.05, 3.63) is 59.9 Å². The summed E-state index contributed by atoms with van der Waals surface area (Å²) in [6.07, 6.45) is 3.19. The van der Waals surface area contributed by atoms with E-state index in [9.17, 15) is 4.79 Å². The molecule has 0 spiro atoms. The predicted octanol–water partition coefficient (Wildman–Crippen LogP) is 3.19. The minimum absolute atomic E-state index is 0.145. The van der Waals surface area contributed by atoms with Crippen LogP contribution in [-0.4, -0.2) is 16.5 Å². The first-order valence-corrected chi connectivity index (χ1v) is 6.91. The van der Waals surface area contributed by atoms with Crippen LogP contribution in [0.5, 0.6) is 5.75 Å². The summed E-state index contributed by atoms with van der Waals surface area (Å²) >= 11 is 0. The fourth-order valence-corrected chi connectivity index (χ4v) is 1.85. The highest BCUT2D eigenvalue weighted by Gasteiger charge is 2.14. The maximum atomic E-state index is 12.0. The molecule has 0 unspecified atom stereocenters. The summed E-state index contributed by atoms with van der Waals surface area (Å²) in [5, 5.41) is 2.88. The van der Waals surface area contributed by atoms with Crippen molar-refractivity contribution in [3.8, 4) is 5.75 Å². The van der Waals surface area contributed by atoms with Gasteiger partial charge in [0.15, 0.2) is 0 Å². The van der Waals surface area contributed by atoms with E-state index in [1.54, 1.807) is 24.5 Å². The van der Waals surface area contributed by atoms with E-state index >= 15 is 0 Å². The van der Waals surface area contributed by atoms with Gasteiger partial charge in [-0.3, -0.25) is 9.78 Å². The maximum absolute atomic E-state index is 12.0. The summed E-state index contributed by atoms with van der Waals surface area (Å²) in [6.45, 7) is 6.41. The van der Waals surface area contributed by atoms with E-state index in [0.29, 0.717) is 12.1 Å². The zero-order chi connectivity index (χ0) is 15.3. The summed E-state index contributed by atoms with van der Waals surface area (Å²) in [7, 11) is 0. The normalized spacial score (nSPS) is 11.0. The SMILES string of the molecule is CC(C)(C)Oc1ccccc1CNC(=O)c1cccnc1. The molecule has 0 bridgehead atoms. The van der Waals surface area contributed by atoms with Gasteiger partial charge < -0.3 is 10.1 Å². The minimum Gasteiger partial charge on any atom is -0.488 e. The monoisotopic (exact) mass is 284 g/mol. The molecule has 21 heavy (non-hydrogen) atoms. The molecule has 0 saturated heterocycles. The molecule has 0 aliphatic heterocycles. The molecule has 1 amide bonds. The first-order valence-electron chi connectivity index (χ1n) is 6.91. The highest BCUT2D eigenvalue weighted by atomic mass is 16.5. The number of amides is 1. The number of hydrogen-bond acceptors (Lipinski definition) is 3. The van der Waals surface area contributed by atoms with Crippen LogP contribution in [0.3, 0.4) is 0 Å². The predicted molar refractivity (Wildman–Crippen MR) is 82.2 cm³/mol. The lowest BCUT2D eigenvalue weighted by molar-refractivity contribution is 0.0949. The third-order valence-electron chi connectivity index (χ3n) is 2.75. The Labute approximate surface area is 125 Å². The van der Waals surface area contributed by atoms with Crippen LogP contribution >= 0.6 is 0 Å². The molecule has 0 aliphatic rings. The van der Waals surface area contributed by atoms with Crippen LogP contribution in [0.25, 0.3) is 0 Å². The molecule has 1 aromatic heterocycles. The fraction of sp³-hybridized carbons (Fsp3) is 0.294. The Morgan fingerprint density at radius 3 is 2.62 bits per heavy atom. The van der Waals surface area contributed by atoms with Gasteiger partial charge in [-0.2, -0.15) is 0 Å². The molecule has 4 heteroatoms. The highest BCUT2D eigenvalue weighted by Crippen LogP contribution is 2.22. The van der Waals surface area contributed by atoms with Crippen LogP contribution in [0.4, 0.5) is 0 Å². The summed E-state index contributed by atoms with van der Waals surface area (Å²) in [4.78, 5) is 16.0. The molecule has 0 saturated carbocycles. The molecule has 1 aromatic carbocycles. The summed E-state index contributed by atoms with van der Waals surface area (Å²) in [6, 6.07) is 11.2. The fourth-order valence-electron chi connectivity index (χ4n) is 1.85. The number of rotatable bonds is 4. The molecule has 2 rings (SSSR count). The topological polar surface area (TPSA) is 51.2 Å². The molecular formula is C17H20N2O2. The number of pyridine rings is 1. The van der Waals surface area contributed by atoms with Gasteiger partial charge in [-0.1, -0.05) is 18.2 Å². The first-order chi connectivity index (χ1) is 9.96. The average molecular weight is 284 g/mol. The van der Waals surface area contributed by atoms with Gasteiger partial charge >= 0.3 is 0 Å². The number of nitrogens with one attached hydrogen (secondary N) is 1. The smallest absolute Gasteiger partial charge is 0.253 e. The van der Waals surface area contributed by atoms with Crippen molar-refractivity contribution >= 4 is 5.91 Å². The van der Waals surface area contributed by atoms with E-state index in [4.69, 9.17) is 4.74 Å². The lowest BCUT2D eigenvalue weighted by Crippen LogP contribution is -2.26. The summed E-state index contributed by atoms with van der Waals surface area (Å²) in [5.41, 5.74) is 1.22. The Kier molecular flexibility index (Phi) is 4.58. The second-order valence-electron chi connectivity index (χ2n) is 5.75. The number of carbonyl (C=O) groups is 1. The molecule has 0 radical (unpaired) electrons. The van der Waals surface area contributed by atoms with Crippen LogP contribution < -0.4 is 10.1 Å². The number of hydrogen-bond donors (Lipinski definition) is 1. The minimum atomic E-state index is -0.274. The maximum Gasteiger partial charge on any atom is 0.253 e. The van der Waals surface area contributed by atoms with Crippen LogP contribution in [0.15, 0.2) is 48.8 Å². The van der Waals surface area contributed by atoms with Gasteiger partial charge in [-0.15, -0.1) is 0 Å². The number of nitrogens with zero attached hydrogens (tertiary/aromatic N) is 1. The van der Waals surface area contributed by atoms with E-state index in [-0.39, 0.29) is 11.5 Å². The Morgan fingerprint density at radius 1 is 1.19 bits per heavy atom. The van der Waals surface area contributed by atoms with Crippen LogP contribution in [0, 0.1) is 0 Å². The van der Waals surface area contributed by atoms with Gasteiger partial charge in [0.05, 0.1) is 5.56 Å². The second kappa shape index (κ2) is 6.39. The Hall–Kier alpha value is -2.36. The van der Waals surface area contributed by atoms with Crippen molar-refractivity contribution < 1.29 is 9.53 Å². The van der Waals surface area contributed by atoms with Crippen molar-refractivity contribution in [3.63, 3.8) is 0 Å². The standard InChI is InChI=1S/C17H20N2O2/c1-17(2,3)21-15-9-5-4-7-13(15)12-19-16(20)14-8-6-10-18-11-14/h4-11H,12H2,1-3H3,(H,19,20). The Bertz CT molecular complexity index is 604. The van der Waals surface area contributed by atoms with E-state index in [2.05, 4.69) is 10.3 Å². The summed E-state index contributed by atoms with van der Waals surface area (Å²) in [5.74, 6) is 0.644. The van der Waals surface area contributed by atoms with Crippen LogP contribution in [0.2, 0.25) is 0 Å². The quantitative estimate of drug-likeness (QED) is 0.938.